The molecule has 0 aliphatic rings. The summed E-state index contributed by atoms with van der Waals surface area (Å²) in [5, 5.41) is 0. The Morgan fingerprint density at radius 1 is 1.06 bits per heavy atom. The van der Waals surface area contributed by atoms with Gasteiger partial charge in [-0.05, 0) is 25.1 Å². The lowest BCUT2D eigenvalue weighted by Crippen LogP contribution is -2.41. The summed E-state index contributed by atoms with van der Waals surface area (Å²) in [5.41, 5.74) is 12.3. The van der Waals surface area contributed by atoms with Crippen LogP contribution in [0.15, 0.2) is 30.3 Å². The minimum atomic E-state index is 0.264. The van der Waals surface area contributed by atoms with Gasteiger partial charge in [-0.1, -0.05) is 51.1 Å². The Labute approximate surface area is 106 Å². The molecule has 0 spiro atoms. The monoisotopic (exact) mass is 237 g/mol. The van der Waals surface area contributed by atoms with Crippen LogP contribution >= 0.6 is 0 Å². The third-order valence-corrected chi connectivity index (χ3v) is 2.78. The first-order chi connectivity index (χ1) is 8.19. The molecule has 4 N–H and O–H groups in total. The number of hydrogen-bond donors (Lipinski definition) is 2. The maximum absolute atomic E-state index is 5.76. The van der Waals surface area contributed by atoms with Crippen LogP contribution < -0.4 is 11.5 Å². The van der Waals surface area contributed by atoms with E-state index < -0.39 is 0 Å². The summed E-state index contributed by atoms with van der Waals surface area (Å²) in [6.45, 7) is 9.15. The van der Waals surface area contributed by atoms with Crippen molar-refractivity contribution in [3.8, 4) is 0 Å². The van der Waals surface area contributed by atoms with Gasteiger partial charge in [0, 0.05) is 6.54 Å². The van der Waals surface area contributed by atoms with Crippen LogP contribution in [0.3, 0.4) is 0 Å². The van der Waals surface area contributed by atoms with Crippen molar-refractivity contribution in [3.63, 3.8) is 0 Å². The minimum Gasteiger partial charge on any atom is -0.326 e. The predicted molar refractivity (Wildman–Crippen MR) is 75.5 cm³/mol. The second-order valence-corrected chi connectivity index (χ2v) is 3.89. The highest BCUT2D eigenvalue weighted by molar-refractivity contribution is 5.13. The van der Waals surface area contributed by atoms with Gasteiger partial charge in [0.25, 0.3) is 0 Å². The van der Waals surface area contributed by atoms with E-state index in [0.29, 0.717) is 6.54 Å². The van der Waals surface area contributed by atoms with Gasteiger partial charge in [-0.25, -0.2) is 0 Å². The molecule has 3 heteroatoms. The number of nitrogens with two attached hydrogens (primary N) is 2. The lowest BCUT2D eigenvalue weighted by atomic mass is 10.2. The zero-order chi connectivity index (χ0) is 13.1. The standard InChI is InChI=1S/C7H18N2.C7H9N/c1-4-7(8)9(5-2)6-3;8-6-7-4-2-1-3-5-7/h7H,4-6,8H2,1-3H3;1-5H,6,8H2. The molecule has 0 heterocycles. The first kappa shape index (κ1) is 16.1. The van der Waals surface area contributed by atoms with Crippen LogP contribution in [0.2, 0.25) is 0 Å². The Balaban J connectivity index is 0.000000302. The molecule has 1 aromatic rings. The quantitative estimate of drug-likeness (QED) is 0.772. The highest BCUT2D eigenvalue weighted by Crippen LogP contribution is 1.95. The van der Waals surface area contributed by atoms with Crippen LogP contribution in [0.25, 0.3) is 0 Å². The van der Waals surface area contributed by atoms with Crippen molar-refractivity contribution >= 4 is 0 Å². The van der Waals surface area contributed by atoms with Gasteiger partial charge in [-0.3, -0.25) is 4.90 Å². The van der Waals surface area contributed by atoms with E-state index in [1.54, 1.807) is 0 Å². The van der Waals surface area contributed by atoms with E-state index in [1.807, 2.05) is 30.3 Å². The molecule has 0 saturated heterocycles. The van der Waals surface area contributed by atoms with Crippen LogP contribution in [0.5, 0.6) is 0 Å². The summed E-state index contributed by atoms with van der Waals surface area (Å²) in [7, 11) is 0. The predicted octanol–water partition coefficient (Wildman–Crippen LogP) is 2.17. The van der Waals surface area contributed by atoms with Crippen molar-refractivity contribution in [2.75, 3.05) is 13.1 Å². The third-order valence-electron chi connectivity index (χ3n) is 2.78. The topological polar surface area (TPSA) is 55.3 Å². The summed E-state index contributed by atoms with van der Waals surface area (Å²) < 4.78 is 0. The minimum absolute atomic E-state index is 0.264. The van der Waals surface area contributed by atoms with Gasteiger partial charge in [0.15, 0.2) is 0 Å². The molecule has 0 radical (unpaired) electrons. The van der Waals surface area contributed by atoms with E-state index in [9.17, 15) is 0 Å². The Morgan fingerprint density at radius 3 is 1.82 bits per heavy atom. The molecule has 1 aromatic carbocycles. The van der Waals surface area contributed by atoms with E-state index in [1.165, 1.54) is 5.56 Å². The van der Waals surface area contributed by atoms with Crippen LogP contribution in [-0.4, -0.2) is 24.2 Å². The second kappa shape index (κ2) is 10.3. The van der Waals surface area contributed by atoms with Crippen LogP contribution in [0.1, 0.15) is 32.8 Å². The largest absolute Gasteiger partial charge is 0.326 e. The maximum Gasteiger partial charge on any atom is 0.0568 e. The Bertz CT molecular complexity index is 257. The molecular weight excluding hydrogens is 210 g/mol. The number of hydrogen-bond acceptors (Lipinski definition) is 3. The summed E-state index contributed by atoms with van der Waals surface area (Å²) >= 11 is 0. The van der Waals surface area contributed by atoms with E-state index in [4.69, 9.17) is 11.5 Å². The molecule has 0 saturated carbocycles. The van der Waals surface area contributed by atoms with Crippen molar-refractivity contribution in [1.29, 1.82) is 0 Å². The summed E-state index contributed by atoms with van der Waals surface area (Å²) in [5.74, 6) is 0. The Kier molecular flexibility index (Phi) is 9.72. The lowest BCUT2D eigenvalue weighted by molar-refractivity contribution is 0.216. The molecule has 1 unspecified atom stereocenters. The highest BCUT2D eigenvalue weighted by Gasteiger charge is 2.05. The zero-order valence-electron chi connectivity index (χ0n) is 11.4. The van der Waals surface area contributed by atoms with E-state index in [-0.39, 0.29) is 6.17 Å². The summed E-state index contributed by atoms with van der Waals surface area (Å²) in [4.78, 5) is 2.25. The fourth-order valence-corrected chi connectivity index (χ4v) is 1.56. The molecular formula is C14H27N3. The first-order valence-corrected chi connectivity index (χ1v) is 6.43. The average Bonchev–Trinajstić information content (AvgIpc) is 2.41. The van der Waals surface area contributed by atoms with E-state index in [2.05, 4.69) is 25.7 Å². The molecule has 17 heavy (non-hydrogen) atoms. The third kappa shape index (κ3) is 7.10. The SMILES string of the molecule is CCC(N)N(CC)CC.NCc1ccccc1. The molecule has 1 atom stereocenters. The Hall–Kier alpha value is -0.900. The lowest BCUT2D eigenvalue weighted by Gasteiger charge is -2.24. The van der Waals surface area contributed by atoms with Gasteiger partial charge < -0.3 is 11.5 Å². The van der Waals surface area contributed by atoms with Crippen molar-refractivity contribution in [3.05, 3.63) is 35.9 Å². The zero-order valence-corrected chi connectivity index (χ0v) is 11.4. The highest BCUT2D eigenvalue weighted by atomic mass is 15.2. The average molecular weight is 237 g/mol. The normalized spacial score (nSPS) is 11.9. The van der Waals surface area contributed by atoms with Gasteiger partial charge in [-0.2, -0.15) is 0 Å². The van der Waals surface area contributed by atoms with Gasteiger partial charge in [0.2, 0.25) is 0 Å². The van der Waals surface area contributed by atoms with Crippen LogP contribution in [-0.2, 0) is 6.54 Å². The fourth-order valence-electron chi connectivity index (χ4n) is 1.56. The number of benzene rings is 1. The molecule has 0 amide bonds. The molecule has 0 aliphatic carbocycles. The van der Waals surface area contributed by atoms with Gasteiger partial charge in [-0.15, -0.1) is 0 Å². The maximum atomic E-state index is 5.76. The molecule has 0 aromatic heterocycles. The molecule has 0 fully saturated rings. The van der Waals surface area contributed by atoms with Crippen molar-refractivity contribution in [1.82, 2.24) is 4.90 Å². The van der Waals surface area contributed by atoms with Gasteiger partial charge >= 0.3 is 0 Å². The number of nitrogens with zero attached hydrogens (tertiary/aromatic N) is 1. The molecule has 98 valence electrons. The molecule has 0 aliphatic heterocycles. The molecule has 1 rings (SSSR count). The van der Waals surface area contributed by atoms with Crippen molar-refractivity contribution in [2.45, 2.75) is 39.9 Å². The summed E-state index contributed by atoms with van der Waals surface area (Å²) in [6, 6.07) is 9.99. The summed E-state index contributed by atoms with van der Waals surface area (Å²) in [6.07, 6.45) is 1.31. The first-order valence-electron chi connectivity index (χ1n) is 6.43. The Morgan fingerprint density at radius 2 is 1.59 bits per heavy atom. The molecule has 0 bridgehead atoms. The van der Waals surface area contributed by atoms with E-state index >= 15 is 0 Å². The van der Waals surface area contributed by atoms with Crippen molar-refractivity contribution < 1.29 is 0 Å². The van der Waals surface area contributed by atoms with Gasteiger partial charge in [0.1, 0.15) is 0 Å². The smallest absolute Gasteiger partial charge is 0.0568 e. The molecule has 3 nitrogen and oxygen atoms in total. The van der Waals surface area contributed by atoms with Crippen LogP contribution in [0.4, 0.5) is 0 Å². The van der Waals surface area contributed by atoms with Gasteiger partial charge in [0.05, 0.1) is 6.17 Å². The second-order valence-electron chi connectivity index (χ2n) is 3.89. The van der Waals surface area contributed by atoms with Crippen LogP contribution in [0, 0.1) is 0 Å². The van der Waals surface area contributed by atoms with Crippen molar-refractivity contribution in [2.24, 2.45) is 11.5 Å². The fraction of sp³-hybridized carbons (Fsp3) is 0.571. The number of rotatable bonds is 5. The van der Waals surface area contributed by atoms with E-state index in [0.717, 1.165) is 19.5 Å².